The summed E-state index contributed by atoms with van der Waals surface area (Å²) in [6, 6.07) is -3.27. The highest BCUT2D eigenvalue weighted by atomic mass is 16.8. The van der Waals surface area contributed by atoms with Crippen molar-refractivity contribution in [1.82, 2.24) is 10.6 Å². The minimum absolute atomic E-state index is 0.757. The van der Waals surface area contributed by atoms with Gasteiger partial charge >= 0.3 is 0 Å². The first kappa shape index (κ1) is 59.7. The molecule has 5 saturated heterocycles. The van der Waals surface area contributed by atoms with Crippen molar-refractivity contribution in [3.8, 4) is 0 Å². The Kier molecular flexibility index (Phi) is 21.9. The van der Waals surface area contributed by atoms with Crippen LogP contribution in [0.15, 0.2) is 0 Å². The number of ether oxygens (including phenoxy) is 10. The lowest BCUT2D eigenvalue weighted by atomic mass is 9.95. The Morgan fingerprint density at radius 3 is 1.49 bits per heavy atom. The van der Waals surface area contributed by atoms with Gasteiger partial charge in [-0.15, -0.1) is 0 Å². The lowest BCUT2D eigenvalue weighted by Gasteiger charge is -2.51. The van der Waals surface area contributed by atoms with E-state index in [2.05, 4.69) is 10.6 Å². The summed E-state index contributed by atoms with van der Waals surface area (Å²) in [5, 5.41) is 188. The molecule has 19 N–H and O–H groups in total. The van der Waals surface area contributed by atoms with Crippen LogP contribution in [0.3, 0.4) is 0 Å². The largest absolute Gasteiger partial charge is 0.394 e. The van der Waals surface area contributed by atoms with E-state index in [0.717, 1.165) is 13.8 Å². The monoisotopic (exact) mass is 1040 g/mol. The molecule has 0 bridgehead atoms. The van der Waals surface area contributed by atoms with E-state index in [0.29, 0.717) is 0 Å². The molecule has 0 aliphatic carbocycles. The van der Waals surface area contributed by atoms with Gasteiger partial charge in [0.25, 0.3) is 0 Å². The van der Waals surface area contributed by atoms with Crippen molar-refractivity contribution in [2.24, 2.45) is 0 Å². The fourth-order valence-electron chi connectivity index (χ4n) is 8.66. The van der Waals surface area contributed by atoms with Gasteiger partial charge in [0.1, 0.15) is 128 Å². The van der Waals surface area contributed by atoms with Crippen molar-refractivity contribution in [3.63, 3.8) is 0 Å². The second-order valence-corrected chi connectivity index (χ2v) is 18.0. The van der Waals surface area contributed by atoms with E-state index in [-0.39, 0.29) is 0 Å². The summed E-state index contributed by atoms with van der Waals surface area (Å²) in [5.41, 5.74) is 0. The van der Waals surface area contributed by atoms with Crippen LogP contribution in [-0.4, -0.2) is 309 Å². The van der Waals surface area contributed by atoms with Crippen LogP contribution in [0.5, 0.6) is 0 Å². The van der Waals surface area contributed by atoms with Gasteiger partial charge in [0.15, 0.2) is 31.5 Å². The van der Waals surface area contributed by atoms with E-state index in [1.54, 1.807) is 0 Å². The van der Waals surface area contributed by atoms with Gasteiger partial charge in [-0.25, -0.2) is 0 Å². The van der Waals surface area contributed by atoms with Crippen LogP contribution in [0, 0.1) is 0 Å². The Balaban J connectivity index is 1.65. The van der Waals surface area contributed by atoms with Gasteiger partial charge in [0.05, 0.1) is 51.3 Å². The summed E-state index contributed by atoms with van der Waals surface area (Å²) >= 11 is 0. The highest BCUT2D eigenvalue weighted by Gasteiger charge is 2.58. The fraction of sp³-hybridized carbons (Fsp3) is 0.950. The van der Waals surface area contributed by atoms with E-state index in [1.165, 1.54) is 13.8 Å². The average Bonchev–Trinajstić information content (AvgIpc) is 3.33. The van der Waals surface area contributed by atoms with Crippen molar-refractivity contribution in [2.45, 2.75) is 206 Å². The summed E-state index contributed by atoms with van der Waals surface area (Å²) in [6.07, 6.45) is -52.3. The second kappa shape index (κ2) is 26.1. The van der Waals surface area contributed by atoms with Crippen molar-refractivity contribution >= 4 is 11.8 Å². The van der Waals surface area contributed by atoms with Crippen LogP contribution in [0.25, 0.3) is 0 Å². The molecule has 31 nitrogen and oxygen atoms in total. The van der Waals surface area contributed by atoms with Gasteiger partial charge in [-0.05, 0) is 13.8 Å². The molecule has 5 fully saturated rings. The van der Waals surface area contributed by atoms with E-state index in [9.17, 15) is 96.4 Å². The van der Waals surface area contributed by atoms with E-state index in [1.807, 2.05) is 0 Å². The zero-order chi connectivity index (χ0) is 52.9. The lowest BCUT2D eigenvalue weighted by molar-refractivity contribution is -0.408. The molecule has 2 amide bonds. The first-order valence-electron chi connectivity index (χ1n) is 22.7. The Bertz CT molecular complexity index is 1660. The van der Waals surface area contributed by atoms with Gasteiger partial charge in [0, 0.05) is 13.8 Å². The molecule has 0 aromatic carbocycles. The third kappa shape index (κ3) is 13.6. The molecule has 29 unspecified atom stereocenters. The Labute approximate surface area is 404 Å². The van der Waals surface area contributed by atoms with Crippen molar-refractivity contribution in [2.75, 3.05) is 33.0 Å². The van der Waals surface area contributed by atoms with Crippen LogP contribution in [-0.2, 0) is 57.0 Å². The van der Waals surface area contributed by atoms with E-state index in [4.69, 9.17) is 47.4 Å². The molecule has 5 heterocycles. The zero-order valence-corrected chi connectivity index (χ0v) is 38.8. The molecule has 0 spiro atoms. The molecule has 5 aliphatic rings. The van der Waals surface area contributed by atoms with Gasteiger partial charge in [0.2, 0.25) is 11.8 Å². The van der Waals surface area contributed by atoms with Crippen LogP contribution < -0.4 is 10.6 Å². The van der Waals surface area contributed by atoms with Crippen LogP contribution >= 0.6 is 0 Å². The Morgan fingerprint density at radius 2 is 1.00 bits per heavy atom. The third-order valence-corrected chi connectivity index (χ3v) is 12.8. The molecule has 5 aliphatic heterocycles. The SMILES string of the molecule is CC(=O)NC(CO)C(OC1OC(COC2OC(CO)C(O)C(O)C2NC(C)=O)C(O)C(OC2OC(CO)C(O)C(O)C2OC2OC(C)C(O)C(O)C2O)C1OC1OC(C)C(O)C(O)C1O)C(O)C(O)CO. The summed E-state index contributed by atoms with van der Waals surface area (Å²) in [7, 11) is 0. The maximum absolute atomic E-state index is 12.4. The minimum atomic E-state index is -2.27. The number of carbonyl (C=O) groups is 2. The number of aliphatic hydroxyl groups excluding tert-OH is 17. The number of hydrogen-bond donors (Lipinski definition) is 19. The van der Waals surface area contributed by atoms with Gasteiger partial charge in [-0.1, -0.05) is 0 Å². The Morgan fingerprint density at radius 1 is 0.507 bits per heavy atom. The predicted molar refractivity (Wildman–Crippen MR) is 222 cm³/mol. The maximum atomic E-state index is 12.4. The molecule has 414 valence electrons. The normalized spacial score (nSPS) is 46.1. The Hall–Kier alpha value is -2.14. The van der Waals surface area contributed by atoms with Gasteiger partial charge < -0.3 is 145 Å². The van der Waals surface area contributed by atoms with Crippen molar-refractivity contribution < 1.29 is 144 Å². The molecule has 0 aromatic heterocycles. The second-order valence-electron chi connectivity index (χ2n) is 18.0. The first-order valence-corrected chi connectivity index (χ1v) is 22.7. The first-order chi connectivity index (χ1) is 33.4. The van der Waals surface area contributed by atoms with Crippen molar-refractivity contribution in [3.05, 3.63) is 0 Å². The molecule has 29 atom stereocenters. The van der Waals surface area contributed by atoms with E-state index >= 15 is 0 Å². The standard InChI is InChI=1S/C40H70N2O29/c1-10-20(50)27(57)30(60)37(63-10)70-34-29(59)24(54)17(8-46)66-39(34)69-33-25(55)18(9-62-36-19(42-13(4)48)26(56)23(53)16(7-45)65-36)67-40(35(33)71-38-31(61)28(58)21(51)11(2)64-38)68-32(22(52)15(49)6-44)14(5-43)41-12(3)47/h10-11,14-40,43-46,49-61H,5-9H2,1-4H3,(H,41,47)(H,42,48). The van der Waals surface area contributed by atoms with Gasteiger partial charge in [-0.3, -0.25) is 9.59 Å². The summed E-state index contributed by atoms with van der Waals surface area (Å²) < 4.78 is 59.1. The third-order valence-electron chi connectivity index (χ3n) is 12.8. The molecule has 0 radical (unpaired) electrons. The van der Waals surface area contributed by atoms with Gasteiger partial charge in [-0.2, -0.15) is 0 Å². The topological polar surface area (TPSA) is 494 Å². The van der Waals surface area contributed by atoms with Crippen molar-refractivity contribution in [1.29, 1.82) is 0 Å². The number of aliphatic hydroxyl groups is 17. The molecule has 0 saturated carbocycles. The molecule has 71 heavy (non-hydrogen) atoms. The molecule has 31 heteroatoms. The highest BCUT2D eigenvalue weighted by molar-refractivity contribution is 5.73. The smallest absolute Gasteiger partial charge is 0.217 e. The van der Waals surface area contributed by atoms with Crippen LogP contribution in [0.4, 0.5) is 0 Å². The quantitative estimate of drug-likeness (QED) is 0.0538. The summed E-state index contributed by atoms with van der Waals surface area (Å²) in [6.45, 7) is -0.469. The number of nitrogens with one attached hydrogen (secondary N) is 2. The molecular formula is C40H70N2O29. The number of rotatable bonds is 20. The fourth-order valence-corrected chi connectivity index (χ4v) is 8.66. The zero-order valence-electron chi connectivity index (χ0n) is 38.8. The molecular weight excluding hydrogens is 972 g/mol. The maximum Gasteiger partial charge on any atom is 0.217 e. The summed E-state index contributed by atoms with van der Waals surface area (Å²) in [4.78, 5) is 24.6. The number of carbonyl (C=O) groups excluding carboxylic acids is 2. The predicted octanol–water partition coefficient (Wildman–Crippen LogP) is -12.1. The number of hydrogen-bond acceptors (Lipinski definition) is 29. The molecule has 5 rings (SSSR count). The van der Waals surface area contributed by atoms with Crippen LogP contribution in [0.1, 0.15) is 27.7 Å². The lowest BCUT2D eigenvalue weighted by Crippen LogP contribution is -2.69. The van der Waals surface area contributed by atoms with E-state index < -0.39 is 223 Å². The van der Waals surface area contributed by atoms with Crippen LogP contribution in [0.2, 0.25) is 0 Å². The average molecular weight is 1040 g/mol. The summed E-state index contributed by atoms with van der Waals surface area (Å²) in [5.74, 6) is -1.59. The number of amides is 2. The molecule has 0 aromatic rings. The minimum Gasteiger partial charge on any atom is -0.394 e. The highest BCUT2D eigenvalue weighted by Crippen LogP contribution is 2.37.